The zero-order valence-electron chi connectivity index (χ0n) is 20.9. The first-order chi connectivity index (χ1) is 16.3. The molecular formula is C24H40N4O5S. The van der Waals surface area contributed by atoms with Crippen molar-refractivity contribution in [2.75, 3.05) is 84.8 Å². The number of nitrogens with two attached hydrogens (primary N) is 1. The molecule has 1 amide bonds. The van der Waals surface area contributed by atoms with E-state index in [9.17, 15) is 9.59 Å². The second kappa shape index (κ2) is 14.5. The fourth-order valence-corrected chi connectivity index (χ4v) is 4.83. The number of rotatable bonds is 15. The van der Waals surface area contributed by atoms with E-state index < -0.39 is 0 Å². The molecule has 0 saturated carbocycles. The van der Waals surface area contributed by atoms with Gasteiger partial charge in [-0.2, -0.15) is 11.8 Å². The number of benzene rings is 1. The van der Waals surface area contributed by atoms with Gasteiger partial charge in [0.25, 0.3) is 5.91 Å². The van der Waals surface area contributed by atoms with E-state index in [0.29, 0.717) is 56.5 Å². The fourth-order valence-electron chi connectivity index (χ4n) is 3.75. The van der Waals surface area contributed by atoms with Crippen LogP contribution in [0.4, 0.5) is 5.69 Å². The van der Waals surface area contributed by atoms with Gasteiger partial charge < -0.3 is 35.0 Å². The van der Waals surface area contributed by atoms with Crippen molar-refractivity contribution in [1.82, 2.24) is 15.1 Å². The van der Waals surface area contributed by atoms with Crippen LogP contribution in [0.3, 0.4) is 0 Å². The Balaban J connectivity index is 1.54. The molecule has 1 heterocycles. The van der Waals surface area contributed by atoms with Gasteiger partial charge in [0.05, 0.1) is 45.3 Å². The van der Waals surface area contributed by atoms with Crippen molar-refractivity contribution in [3.63, 3.8) is 0 Å². The molecule has 0 bridgehead atoms. The first-order valence-electron chi connectivity index (χ1n) is 11.7. The van der Waals surface area contributed by atoms with E-state index in [2.05, 4.69) is 24.1 Å². The van der Waals surface area contributed by atoms with Gasteiger partial charge >= 0.3 is 0 Å². The molecule has 1 saturated heterocycles. The van der Waals surface area contributed by atoms with Crippen molar-refractivity contribution >= 4 is 29.6 Å². The standard InChI is InChI=1S/C24H40N4O5S/c1-24(2,22(18-29)26-3)34-16-15-33-14-13-32-12-11-27-7-9-28(10-8-27)23(30)19-5-6-20(25)21(17-19)31-4/h5-6,17-18,22,26H,7-16,25H2,1-4H3. The Morgan fingerprint density at radius 3 is 2.47 bits per heavy atom. The van der Waals surface area contributed by atoms with Gasteiger partial charge in [-0.25, -0.2) is 0 Å². The zero-order valence-corrected chi connectivity index (χ0v) is 21.7. The number of carbonyl (C=O) groups is 2. The lowest BCUT2D eigenvalue weighted by molar-refractivity contribution is -0.109. The van der Waals surface area contributed by atoms with Crippen LogP contribution in [-0.4, -0.2) is 112 Å². The van der Waals surface area contributed by atoms with Gasteiger partial charge in [0, 0.05) is 48.8 Å². The maximum Gasteiger partial charge on any atom is 0.254 e. The number of ether oxygens (including phenoxy) is 3. The topological polar surface area (TPSA) is 106 Å². The average molecular weight is 497 g/mol. The predicted molar refractivity (Wildman–Crippen MR) is 137 cm³/mol. The Morgan fingerprint density at radius 1 is 1.18 bits per heavy atom. The highest BCUT2D eigenvalue weighted by Crippen LogP contribution is 2.27. The Morgan fingerprint density at radius 2 is 1.85 bits per heavy atom. The minimum absolute atomic E-state index is 0.000497. The van der Waals surface area contributed by atoms with Crippen LogP contribution in [0, 0.1) is 0 Å². The van der Waals surface area contributed by atoms with Crippen molar-refractivity contribution in [3.8, 4) is 5.75 Å². The van der Waals surface area contributed by atoms with Crippen LogP contribution in [0.2, 0.25) is 0 Å². The summed E-state index contributed by atoms with van der Waals surface area (Å²) < 4.78 is 16.4. The number of nitrogens with zero attached hydrogens (tertiary/aromatic N) is 2. The summed E-state index contributed by atoms with van der Waals surface area (Å²) in [7, 11) is 3.35. The number of nitrogen functional groups attached to an aromatic ring is 1. The molecule has 1 fully saturated rings. The van der Waals surface area contributed by atoms with Crippen molar-refractivity contribution < 1.29 is 23.8 Å². The average Bonchev–Trinajstić information content (AvgIpc) is 2.83. The molecule has 1 atom stereocenters. The molecule has 3 N–H and O–H groups in total. The summed E-state index contributed by atoms with van der Waals surface area (Å²) in [5.74, 6) is 1.35. The Hall–Kier alpha value is -1.85. The molecule has 34 heavy (non-hydrogen) atoms. The summed E-state index contributed by atoms with van der Waals surface area (Å²) in [6, 6.07) is 4.97. The third-order valence-corrected chi connectivity index (χ3v) is 7.33. The van der Waals surface area contributed by atoms with Gasteiger partial charge in [-0.05, 0) is 39.1 Å². The third kappa shape index (κ3) is 8.74. The van der Waals surface area contributed by atoms with Gasteiger partial charge in [0.2, 0.25) is 0 Å². The maximum atomic E-state index is 12.8. The van der Waals surface area contributed by atoms with Gasteiger partial charge in [0.15, 0.2) is 0 Å². The first kappa shape index (κ1) is 28.4. The van der Waals surface area contributed by atoms with E-state index in [1.54, 1.807) is 44.1 Å². The molecule has 1 aliphatic rings. The quantitative estimate of drug-likeness (QED) is 0.211. The van der Waals surface area contributed by atoms with E-state index in [1.165, 1.54) is 0 Å². The highest BCUT2D eigenvalue weighted by molar-refractivity contribution is 8.00. The second-order valence-electron chi connectivity index (χ2n) is 8.67. The predicted octanol–water partition coefficient (Wildman–Crippen LogP) is 1.37. The van der Waals surface area contributed by atoms with Crippen molar-refractivity contribution in [2.24, 2.45) is 0 Å². The van der Waals surface area contributed by atoms with Crippen molar-refractivity contribution in [2.45, 2.75) is 24.6 Å². The molecule has 1 unspecified atom stereocenters. The molecule has 1 aromatic rings. The van der Waals surface area contributed by atoms with Crippen LogP contribution in [0.5, 0.6) is 5.75 Å². The monoisotopic (exact) mass is 496 g/mol. The lowest BCUT2D eigenvalue weighted by Gasteiger charge is -2.34. The number of likely N-dealkylation sites (N-methyl/N-ethyl adjacent to an activating group) is 1. The third-order valence-electron chi connectivity index (χ3n) is 5.96. The number of piperazine rings is 1. The van der Waals surface area contributed by atoms with Crippen LogP contribution in [0.25, 0.3) is 0 Å². The second-order valence-corrected chi connectivity index (χ2v) is 10.4. The number of hydrogen-bond acceptors (Lipinski definition) is 9. The summed E-state index contributed by atoms with van der Waals surface area (Å²) in [6.45, 7) is 10.3. The van der Waals surface area contributed by atoms with E-state index in [1.807, 2.05) is 4.90 Å². The van der Waals surface area contributed by atoms with Crippen molar-refractivity contribution in [3.05, 3.63) is 23.8 Å². The molecular weight excluding hydrogens is 456 g/mol. The summed E-state index contributed by atoms with van der Waals surface area (Å²) in [4.78, 5) is 28.0. The number of nitrogens with one attached hydrogen (secondary N) is 1. The smallest absolute Gasteiger partial charge is 0.254 e. The summed E-state index contributed by atoms with van der Waals surface area (Å²) >= 11 is 1.72. The zero-order chi connectivity index (χ0) is 25.0. The Kier molecular flexibility index (Phi) is 12.1. The van der Waals surface area contributed by atoms with E-state index in [0.717, 1.165) is 31.7 Å². The Labute approximate surface area is 207 Å². The van der Waals surface area contributed by atoms with Crippen LogP contribution >= 0.6 is 11.8 Å². The Bertz CT molecular complexity index is 772. The van der Waals surface area contributed by atoms with Crippen LogP contribution in [0.1, 0.15) is 24.2 Å². The minimum Gasteiger partial charge on any atom is -0.495 e. The normalized spacial score (nSPS) is 15.8. The van der Waals surface area contributed by atoms with E-state index in [4.69, 9.17) is 19.9 Å². The fraction of sp³-hybridized carbons (Fsp3) is 0.667. The largest absolute Gasteiger partial charge is 0.495 e. The summed E-state index contributed by atoms with van der Waals surface area (Å²) in [6.07, 6.45) is 0.955. The van der Waals surface area contributed by atoms with Crippen LogP contribution < -0.4 is 15.8 Å². The molecule has 1 aliphatic heterocycles. The minimum atomic E-state index is -0.179. The molecule has 2 rings (SSSR count). The first-order valence-corrected chi connectivity index (χ1v) is 12.7. The highest BCUT2D eigenvalue weighted by atomic mass is 32.2. The molecule has 0 aliphatic carbocycles. The molecule has 0 aromatic heterocycles. The lowest BCUT2D eigenvalue weighted by atomic mass is 10.1. The molecule has 9 nitrogen and oxygen atoms in total. The molecule has 192 valence electrons. The number of carbonyl (C=O) groups excluding carboxylic acids is 2. The number of amides is 1. The number of hydrogen-bond donors (Lipinski definition) is 2. The maximum absolute atomic E-state index is 12.8. The number of anilines is 1. The molecule has 0 spiro atoms. The lowest BCUT2D eigenvalue weighted by Crippen LogP contribution is -2.49. The van der Waals surface area contributed by atoms with Gasteiger partial charge in [-0.3, -0.25) is 9.69 Å². The van der Waals surface area contributed by atoms with E-state index in [-0.39, 0.29) is 16.7 Å². The number of methoxy groups -OCH3 is 1. The van der Waals surface area contributed by atoms with Crippen LogP contribution in [0.15, 0.2) is 18.2 Å². The summed E-state index contributed by atoms with van der Waals surface area (Å²) in [5, 5.41) is 3.03. The van der Waals surface area contributed by atoms with Gasteiger partial charge in [-0.15, -0.1) is 0 Å². The number of thioether (sulfide) groups is 1. The molecule has 10 heteroatoms. The van der Waals surface area contributed by atoms with E-state index >= 15 is 0 Å². The highest BCUT2D eigenvalue weighted by Gasteiger charge is 2.28. The molecule has 0 radical (unpaired) electrons. The SMILES string of the molecule is CNC(C=O)C(C)(C)SCCOCCOCCN1CCN(C(=O)c2ccc(N)c(OC)c2)CC1. The number of aldehydes is 1. The van der Waals surface area contributed by atoms with Gasteiger partial charge in [-0.1, -0.05) is 0 Å². The van der Waals surface area contributed by atoms with Gasteiger partial charge in [0.1, 0.15) is 12.0 Å². The molecule has 1 aromatic carbocycles. The van der Waals surface area contributed by atoms with Crippen molar-refractivity contribution in [1.29, 1.82) is 0 Å². The van der Waals surface area contributed by atoms with Crippen LogP contribution in [-0.2, 0) is 14.3 Å². The summed E-state index contributed by atoms with van der Waals surface area (Å²) in [5.41, 5.74) is 6.96.